The van der Waals surface area contributed by atoms with E-state index in [4.69, 9.17) is 4.98 Å². The van der Waals surface area contributed by atoms with Crippen LogP contribution in [0.4, 0.5) is 19.0 Å². The van der Waals surface area contributed by atoms with Gasteiger partial charge in [-0.25, -0.2) is 14.6 Å². The number of aromatic nitrogens is 5. The molecule has 0 amide bonds. The first-order valence-electron chi connectivity index (χ1n) is 12.0. The highest BCUT2D eigenvalue weighted by Crippen LogP contribution is 2.34. The van der Waals surface area contributed by atoms with Crippen molar-refractivity contribution in [3.8, 4) is 16.9 Å². The second-order valence-electron chi connectivity index (χ2n) is 9.42. The van der Waals surface area contributed by atoms with E-state index >= 15 is 0 Å². The molecule has 3 heterocycles. The van der Waals surface area contributed by atoms with Crippen molar-refractivity contribution in [3.63, 3.8) is 0 Å². The molecule has 0 bridgehead atoms. The van der Waals surface area contributed by atoms with Crippen molar-refractivity contribution in [1.82, 2.24) is 24.3 Å². The summed E-state index contributed by atoms with van der Waals surface area (Å²) >= 11 is 0. The summed E-state index contributed by atoms with van der Waals surface area (Å²) in [7, 11) is 1.95. The number of pyridine rings is 1. The summed E-state index contributed by atoms with van der Waals surface area (Å²) in [6.45, 7) is 6.31. The minimum Gasteiger partial charge on any atom is -0.366 e. The third-order valence-corrected chi connectivity index (χ3v) is 6.33. The Labute approximate surface area is 212 Å². The van der Waals surface area contributed by atoms with E-state index in [-0.39, 0.29) is 0 Å². The largest absolute Gasteiger partial charge is 0.433 e. The van der Waals surface area contributed by atoms with Gasteiger partial charge in [0.25, 0.3) is 0 Å². The maximum Gasteiger partial charge on any atom is 0.433 e. The quantitative estimate of drug-likeness (QED) is 0.274. The first-order valence-corrected chi connectivity index (χ1v) is 12.0. The number of fused-ring (bicyclic) bond motifs is 1. The summed E-state index contributed by atoms with van der Waals surface area (Å²) in [6, 6.07) is 18.1. The molecule has 37 heavy (non-hydrogen) atoms. The van der Waals surface area contributed by atoms with Gasteiger partial charge in [0.15, 0.2) is 0 Å². The van der Waals surface area contributed by atoms with E-state index in [1.54, 1.807) is 37.5 Å². The number of hydrogen-bond acceptors (Lipinski definition) is 4. The molecule has 1 N–H and O–H groups in total. The maximum atomic E-state index is 13.4. The topological polar surface area (TPSA) is 60.6 Å². The van der Waals surface area contributed by atoms with Gasteiger partial charge in [0, 0.05) is 25.2 Å². The molecular weight excluding hydrogens is 477 g/mol. The van der Waals surface area contributed by atoms with Crippen LogP contribution in [0.1, 0.15) is 42.3 Å². The number of rotatable bonds is 6. The van der Waals surface area contributed by atoms with E-state index in [1.165, 1.54) is 5.56 Å². The van der Waals surface area contributed by atoms with Crippen molar-refractivity contribution in [2.45, 2.75) is 39.4 Å². The highest BCUT2D eigenvalue weighted by molar-refractivity contribution is 5.92. The molecule has 0 aliphatic heterocycles. The Hall–Kier alpha value is -4.14. The van der Waals surface area contributed by atoms with Gasteiger partial charge in [-0.05, 0) is 42.2 Å². The number of halogens is 3. The zero-order valence-corrected chi connectivity index (χ0v) is 21.0. The Kier molecular flexibility index (Phi) is 6.23. The molecule has 190 valence electrons. The van der Waals surface area contributed by atoms with E-state index < -0.39 is 11.9 Å². The normalized spacial score (nSPS) is 12.0. The summed E-state index contributed by atoms with van der Waals surface area (Å²) in [5, 5.41) is 7.40. The average Bonchev–Trinajstić information content (AvgIpc) is 3.45. The highest BCUT2D eigenvalue weighted by atomic mass is 19.4. The van der Waals surface area contributed by atoms with Crippen molar-refractivity contribution in [2.75, 3.05) is 5.32 Å². The summed E-state index contributed by atoms with van der Waals surface area (Å²) in [5.74, 6) is 1.01. The third kappa shape index (κ3) is 4.81. The number of nitrogens with one attached hydrogen (secondary N) is 1. The van der Waals surface area contributed by atoms with Crippen LogP contribution in [0, 0.1) is 6.92 Å². The fraction of sp³-hybridized carbons (Fsp3) is 0.250. The highest BCUT2D eigenvalue weighted by Gasteiger charge is 2.35. The number of benzene rings is 2. The second kappa shape index (κ2) is 9.38. The van der Waals surface area contributed by atoms with Gasteiger partial charge >= 0.3 is 6.18 Å². The molecule has 0 radical (unpaired) electrons. The summed E-state index contributed by atoms with van der Waals surface area (Å²) in [6.07, 6.45) is -2.70. The molecule has 9 heteroatoms. The SMILES string of the molecule is Cc1cc(C(F)(F)F)n(-c2ccc(CNc3cc4c(ncn4C)c(-c4ccccc4C(C)C)n3)cc2)n1. The van der Waals surface area contributed by atoms with Gasteiger partial charge in [0.1, 0.15) is 22.7 Å². The Balaban J connectivity index is 1.44. The standard InChI is InChI=1S/C28H27F3N6/c1-17(2)21-7-5-6-8-22(21)26-27-23(36(4)16-33-27)14-25(34-26)32-15-19-9-11-20(12-10-19)37-24(28(29,30)31)13-18(3)35-37/h5-14,16-17H,15H2,1-4H3,(H,32,34). The van der Waals surface area contributed by atoms with E-state index in [0.717, 1.165) is 38.6 Å². The van der Waals surface area contributed by atoms with Crippen molar-refractivity contribution >= 4 is 16.9 Å². The van der Waals surface area contributed by atoms with Gasteiger partial charge in [-0.3, -0.25) is 0 Å². The van der Waals surface area contributed by atoms with Crippen LogP contribution in [-0.2, 0) is 19.8 Å². The minimum absolute atomic E-state index is 0.310. The molecule has 3 aromatic heterocycles. The number of anilines is 1. The maximum absolute atomic E-state index is 13.4. The molecule has 6 nitrogen and oxygen atoms in total. The van der Waals surface area contributed by atoms with Crippen LogP contribution < -0.4 is 5.32 Å². The Morgan fingerprint density at radius 3 is 2.43 bits per heavy atom. The lowest BCUT2D eigenvalue weighted by Crippen LogP contribution is -2.13. The molecule has 0 saturated carbocycles. The lowest BCUT2D eigenvalue weighted by Gasteiger charge is -2.15. The number of hydrogen-bond donors (Lipinski definition) is 1. The zero-order valence-electron chi connectivity index (χ0n) is 21.0. The molecule has 5 rings (SSSR count). The van der Waals surface area contributed by atoms with Crippen LogP contribution >= 0.6 is 0 Å². The van der Waals surface area contributed by atoms with Gasteiger partial charge < -0.3 is 9.88 Å². The lowest BCUT2D eigenvalue weighted by molar-refractivity contribution is -0.142. The molecule has 0 spiro atoms. The average molecular weight is 505 g/mol. The van der Waals surface area contributed by atoms with Crippen molar-refractivity contribution in [1.29, 1.82) is 0 Å². The predicted octanol–water partition coefficient (Wildman–Crippen LogP) is 6.88. The Morgan fingerprint density at radius 1 is 1.00 bits per heavy atom. The van der Waals surface area contributed by atoms with Gasteiger partial charge in [-0.1, -0.05) is 50.2 Å². The third-order valence-electron chi connectivity index (χ3n) is 6.33. The smallest absolute Gasteiger partial charge is 0.366 e. The van der Waals surface area contributed by atoms with E-state index in [9.17, 15) is 13.2 Å². The molecule has 0 fully saturated rings. The summed E-state index contributed by atoms with van der Waals surface area (Å²) < 4.78 is 43.1. The number of nitrogens with zero attached hydrogens (tertiary/aromatic N) is 5. The molecule has 0 aliphatic rings. The monoisotopic (exact) mass is 504 g/mol. The minimum atomic E-state index is -4.48. The van der Waals surface area contributed by atoms with Crippen molar-refractivity contribution in [2.24, 2.45) is 7.05 Å². The van der Waals surface area contributed by atoms with Crippen LogP contribution in [0.25, 0.3) is 28.0 Å². The number of aryl methyl sites for hydroxylation is 2. The summed E-state index contributed by atoms with van der Waals surface area (Å²) in [5.41, 5.74) is 5.61. The van der Waals surface area contributed by atoms with E-state index in [2.05, 4.69) is 41.4 Å². The lowest BCUT2D eigenvalue weighted by atomic mass is 9.94. The predicted molar refractivity (Wildman–Crippen MR) is 139 cm³/mol. The number of imidazole rings is 1. The molecule has 2 aromatic carbocycles. The molecule has 0 unspecified atom stereocenters. The van der Waals surface area contributed by atoms with Crippen LogP contribution in [0.2, 0.25) is 0 Å². The Morgan fingerprint density at radius 2 is 1.73 bits per heavy atom. The molecule has 0 atom stereocenters. The molecule has 0 saturated heterocycles. The van der Waals surface area contributed by atoms with Crippen molar-refractivity contribution in [3.05, 3.63) is 89.5 Å². The van der Waals surface area contributed by atoms with Gasteiger partial charge in [-0.2, -0.15) is 18.3 Å². The zero-order chi connectivity index (χ0) is 26.3. The molecular formula is C28H27F3N6. The fourth-order valence-electron chi connectivity index (χ4n) is 4.47. The van der Waals surface area contributed by atoms with Gasteiger partial charge in [-0.15, -0.1) is 0 Å². The molecule has 0 aliphatic carbocycles. The van der Waals surface area contributed by atoms with Crippen LogP contribution in [-0.4, -0.2) is 24.3 Å². The van der Waals surface area contributed by atoms with Crippen molar-refractivity contribution < 1.29 is 13.2 Å². The summed E-state index contributed by atoms with van der Waals surface area (Å²) in [4.78, 5) is 9.53. The second-order valence-corrected chi connectivity index (χ2v) is 9.42. The Bertz CT molecular complexity index is 1560. The number of alkyl halides is 3. The van der Waals surface area contributed by atoms with E-state index in [1.807, 2.05) is 29.8 Å². The first-order chi connectivity index (χ1) is 17.6. The van der Waals surface area contributed by atoms with E-state index in [0.29, 0.717) is 29.7 Å². The first kappa shape index (κ1) is 24.5. The van der Waals surface area contributed by atoms with Crippen LogP contribution in [0.5, 0.6) is 0 Å². The fourth-order valence-corrected chi connectivity index (χ4v) is 4.47. The van der Waals surface area contributed by atoms with Crippen LogP contribution in [0.3, 0.4) is 0 Å². The molecule has 5 aromatic rings. The van der Waals surface area contributed by atoms with Gasteiger partial charge in [0.05, 0.1) is 23.2 Å². The van der Waals surface area contributed by atoms with Crippen LogP contribution in [0.15, 0.2) is 67.0 Å². The van der Waals surface area contributed by atoms with Gasteiger partial charge in [0.2, 0.25) is 0 Å².